The van der Waals surface area contributed by atoms with Crippen molar-refractivity contribution in [3.05, 3.63) is 69.2 Å². The quantitative estimate of drug-likeness (QED) is 0.407. The van der Waals surface area contributed by atoms with Gasteiger partial charge in [-0.05, 0) is 72.6 Å². The zero-order chi connectivity index (χ0) is 27.9. The zero-order valence-corrected chi connectivity index (χ0v) is 22.0. The van der Waals surface area contributed by atoms with E-state index in [9.17, 15) is 27.6 Å². The Hall–Kier alpha value is -3.35. The summed E-state index contributed by atoms with van der Waals surface area (Å²) in [6, 6.07) is 8.70. The molecule has 3 heterocycles. The average Bonchev–Trinajstić information content (AvgIpc) is 3.54. The van der Waals surface area contributed by atoms with E-state index in [1.165, 1.54) is 27.9 Å². The summed E-state index contributed by atoms with van der Waals surface area (Å²) in [7, 11) is 0. The second-order valence-electron chi connectivity index (χ2n) is 9.44. The number of aromatic nitrogens is 2. The highest BCUT2D eigenvalue weighted by Gasteiger charge is 2.39. The lowest BCUT2D eigenvalue weighted by Gasteiger charge is -2.26. The van der Waals surface area contributed by atoms with Crippen LogP contribution in [0.15, 0.2) is 47.5 Å². The molecule has 8 nitrogen and oxygen atoms in total. The largest absolute Gasteiger partial charge is 0.416 e. The Labute approximate surface area is 230 Å². The number of benzene rings is 2. The van der Waals surface area contributed by atoms with Crippen LogP contribution in [0.5, 0.6) is 0 Å². The first-order chi connectivity index (χ1) is 18.5. The van der Waals surface area contributed by atoms with E-state index < -0.39 is 23.6 Å². The van der Waals surface area contributed by atoms with Crippen LogP contribution in [0.25, 0.3) is 17.0 Å². The topological polar surface area (TPSA) is 102 Å². The summed E-state index contributed by atoms with van der Waals surface area (Å²) in [5.41, 5.74) is 5.79. The van der Waals surface area contributed by atoms with Crippen LogP contribution in [0.4, 0.5) is 18.0 Å². The molecule has 2 aliphatic heterocycles. The van der Waals surface area contributed by atoms with Crippen molar-refractivity contribution in [1.29, 1.82) is 0 Å². The van der Waals surface area contributed by atoms with Gasteiger partial charge in [-0.3, -0.25) is 28.9 Å². The number of thioether (sulfide) groups is 1. The van der Waals surface area contributed by atoms with Gasteiger partial charge in [0.1, 0.15) is 0 Å². The molecule has 3 aromatic rings. The molecular weight excluding hydrogens is 555 g/mol. The smallest absolute Gasteiger partial charge is 0.369 e. The minimum absolute atomic E-state index is 0.00307. The third kappa shape index (κ3) is 5.82. The number of hydrogen-bond acceptors (Lipinski definition) is 6. The number of amides is 3. The summed E-state index contributed by atoms with van der Waals surface area (Å²) in [5.74, 6) is -0.863. The molecule has 1 atom stereocenters. The first-order valence-electron chi connectivity index (χ1n) is 12.1. The van der Waals surface area contributed by atoms with Crippen molar-refractivity contribution in [2.24, 2.45) is 5.73 Å². The minimum Gasteiger partial charge on any atom is -0.369 e. The highest BCUT2D eigenvalue weighted by atomic mass is 35.5. The number of imide groups is 1. The summed E-state index contributed by atoms with van der Waals surface area (Å²) in [6.45, 7) is 0.844. The molecular formula is C26H23ClF3N5O3S. The number of primary amides is 1. The van der Waals surface area contributed by atoms with Gasteiger partial charge in [0.25, 0.3) is 11.1 Å². The lowest BCUT2D eigenvalue weighted by molar-refractivity contribution is -0.138. The van der Waals surface area contributed by atoms with Crippen LogP contribution >= 0.6 is 23.4 Å². The lowest BCUT2D eigenvalue weighted by atomic mass is 10.1. The van der Waals surface area contributed by atoms with Crippen molar-refractivity contribution in [3.8, 4) is 0 Å². The molecule has 2 saturated heterocycles. The SMILES string of the molecule is NC(=O)CN1CCC[C@H]1CN1C(=O)S/C(=C\c2ccc3c(cnn3Cc3ccc(Cl)cc3C(F)(F)F)c2)C1=O. The molecule has 13 heteroatoms. The molecule has 0 radical (unpaired) electrons. The van der Waals surface area contributed by atoms with E-state index >= 15 is 0 Å². The first-order valence-corrected chi connectivity index (χ1v) is 13.3. The van der Waals surface area contributed by atoms with E-state index in [0.717, 1.165) is 30.7 Å². The number of carbonyl (C=O) groups is 3. The fourth-order valence-electron chi connectivity index (χ4n) is 4.96. The summed E-state index contributed by atoms with van der Waals surface area (Å²) < 4.78 is 42.0. The minimum atomic E-state index is -4.56. The number of rotatable bonds is 7. The van der Waals surface area contributed by atoms with Crippen LogP contribution in [-0.2, 0) is 22.3 Å². The van der Waals surface area contributed by atoms with E-state index in [4.69, 9.17) is 17.3 Å². The molecule has 2 aromatic carbocycles. The molecule has 2 aliphatic rings. The molecule has 0 aliphatic carbocycles. The van der Waals surface area contributed by atoms with E-state index in [1.54, 1.807) is 24.3 Å². The molecule has 0 saturated carbocycles. The molecule has 3 amide bonds. The van der Waals surface area contributed by atoms with Gasteiger partial charge in [-0.25, -0.2) is 0 Å². The molecule has 1 aromatic heterocycles. The van der Waals surface area contributed by atoms with E-state index in [-0.39, 0.29) is 46.4 Å². The number of alkyl halides is 3. The summed E-state index contributed by atoms with van der Waals surface area (Å²) in [4.78, 5) is 40.4. The normalized spacial score (nSPS) is 19.6. The predicted molar refractivity (Wildman–Crippen MR) is 142 cm³/mol. The molecule has 2 N–H and O–H groups in total. The maximum atomic E-state index is 13.5. The zero-order valence-electron chi connectivity index (χ0n) is 20.4. The summed E-state index contributed by atoms with van der Waals surface area (Å²) in [5, 5.41) is 4.54. The van der Waals surface area contributed by atoms with Crippen molar-refractivity contribution in [3.63, 3.8) is 0 Å². The van der Waals surface area contributed by atoms with Gasteiger partial charge in [0.2, 0.25) is 5.91 Å². The summed E-state index contributed by atoms with van der Waals surface area (Å²) >= 11 is 6.63. The Balaban J connectivity index is 1.34. The Morgan fingerprint density at radius 2 is 2.00 bits per heavy atom. The van der Waals surface area contributed by atoms with Gasteiger partial charge < -0.3 is 5.73 Å². The Morgan fingerprint density at radius 1 is 1.21 bits per heavy atom. The highest BCUT2D eigenvalue weighted by molar-refractivity contribution is 8.18. The standard InChI is InChI=1S/C26H23ClF3N5O3S/c27-18-5-4-16(20(10-18)26(28,29)30)12-35-21-6-3-15(8-17(21)11-32-35)9-22-24(37)34(25(38)39-22)13-19-2-1-7-33(19)14-23(31)36/h3-6,8-11,19H,1-2,7,12-14H2,(H2,31,36)/b22-9-/t19-/m0/s1. The molecule has 204 valence electrons. The molecule has 2 fully saturated rings. The van der Waals surface area contributed by atoms with Crippen LogP contribution in [0.2, 0.25) is 5.02 Å². The second-order valence-corrected chi connectivity index (χ2v) is 10.9. The number of likely N-dealkylation sites (tertiary alicyclic amines) is 1. The van der Waals surface area contributed by atoms with Crippen molar-refractivity contribution in [2.45, 2.75) is 31.6 Å². The van der Waals surface area contributed by atoms with Crippen LogP contribution in [-0.4, -0.2) is 62.3 Å². The summed E-state index contributed by atoms with van der Waals surface area (Å²) in [6.07, 6.45) is 0.202. The molecule has 5 rings (SSSR count). The Kier molecular flexibility index (Phi) is 7.45. The van der Waals surface area contributed by atoms with Crippen LogP contribution in [0.1, 0.15) is 29.5 Å². The van der Waals surface area contributed by atoms with E-state index in [0.29, 0.717) is 23.0 Å². The molecule has 0 bridgehead atoms. The number of nitrogens with zero attached hydrogens (tertiary/aromatic N) is 4. The fraction of sp³-hybridized carbons (Fsp3) is 0.308. The molecule has 39 heavy (non-hydrogen) atoms. The molecule has 0 spiro atoms. The van der Waals surface area contributed by atoms with Gasteiger partial charge in [0.15, 0.2) is 0 Å². The van der Waals surface area contributed by atoms with Gasteiger partial charge >= 0.3 is 6.18 Å². The van der Waals surface area contributed by atoms with Crippen LogP contribution in [0.3, 0.4) is 0 Å². The van der Waals surface area contributed by atoms with Crippen LogP contribution in [0, 0.1) is 0 Å². The van der Waals surface area contributed by atoms with Crippen LogP contribution < -0.4 is 5.73 Å². The Bertz CT molecular complexity index is 1510. The Morgan fingerprint density at radius 3 is 2.74 bits per heavy atom. The monoisotopic (exact) mass is 577 g/mol. The highest BCUT2D eigenvalue weighted by Crippen LogP contribution is 2.36. The average molecular weight is 578 g/mol. The first kappa shape index (κ1) is 27.2. The number of nitrogens with two attached hydrogens (primary N) is 1. The van der Waals surface area contributed by atoms with Gasteiger partial charge in [-0.2, -0.15) is 18.3 Å². The van der Waals surface area contributed by atoms with Crippen molar-refractivity contribution >= 4 is 57.4 Å². The lowest BCUT2D eigenvalue weighted by Crippen LogP contribution is -2.45. The van der Waals surface area contributed by atoms with Crippen molar-refractivity contribution in [1.82, 2.24) is 19.6 Å². The van der Waals surface area contributed by atoms with Crippen molar-refractivity contribution < 1.29 is 27.6 Å². The third-order valence-corrected chi connectivity index (χ3v) is 7.93. The number of fused-ring (bicyclic) bond motifs is 1. The maximum Gasteiger partial charge on any atom is 0.416 e. The van der Waals surface area contributed by atoms with Gasteiger partial charge in [0, 0.05) is 23.0 Å². The van der Waals surface area contributed by atoms with E-state index in [2.05, 4.69) is 5.10 Å². The van der Waals surface area contributed by atoms with Gasteiger partial charge in [0.05, 0.1) is 35.3 Å². The molecule has 0 unspecified atom stereocenters. The second kappa shape index (κ2) is 10.7. The number of carbonyl (C=O) groups excluding carboxylic acids is 3. The number of hydrogen-bond donors (Lipinski definition) is 1. The number of halogens is 4. The third-order valence-electron chi connectivity index (χ3n) is 6.79. The van der Waals surface area contributed by atoms with Gasteiger partial charge in [-0.15, -0.1) is 0 Å². The van der Waals surface area contributed by atoms with Crippen molar-refractivity contribution in [2.75, 3.05) is 19.6 Å². The fourth-order valence-corrected chi connectivity index (χ4v) is 5.98. The predicted octanol–water partition coefficient (Wildman–Crippen LogP) is 4.74. The maximum absolute atomic E-state index is 13.5. The van der Waals surface area contributed by atoms with E-state index in [1.807, 2.05) is 4.90 Å². The van der Waals surface area contributed by atoms with Gasteiger partial charge in [-0.1, -0.05) is 23.7 Å².